The summed E-state index contributed by atoms with van der Waals surface area (Å²) >= 11 is 0. The number of guanidine groups is 2. The van der Waals surface area contributed by atoms with Crippen LogP contribution in [0.4, 0.5) is 0 Å². The van der Waals surface area contributed by atoms with Crippen LogP contribution in [0.2, 0.25) is 0 Å². The lowest BCUT2D eigenvalue weighted by molar-refractivity contribution is -0.142. The SMILES string of the molecule is C[C@@H](O)[C@H](NC(=O)[C@H](CCCN=C(N)N)NC(=O)[C@@H]1CCCN1C(=O)[C@H](CCCN=C(N)N)NC(=O)CN)C(=O)N[C@H](C(=O)N[C@@H](Cc1ccccc1)C(=O)N[C@@H](Cc1ccccc1)C(=O)O)[C@@H](C)O. The molecule has 0 spiro atoms. The van der Waals surface area contributed by atoms with Crippen LogP contribution in [0.25, 0.3) is 0 Å². The number of aliphatic hydroxyl groups excluding tert-OH is 2. The molecule has 1 aliphatic rings. The molecule has 2 aromatic rings. The number of rotatable bonds is 28. The smallest absolute Gasteiger partial charge is 0.326 e. The van der Waals surface area contributed by atoms with Gasteiger partial charge in [0.15, 0.2) is 11.9 Å². The van der Waals surface area contributed by atoms with Gasteiger partial charge < -0.3 is 80.8 Å². The van der Waals surface area contributed by atoms with Crippen LogP contribution in [-0.2, 0) is 51.2 Å². The summed E-state index contributed by atoms with van der Waals surface area (Å²) in [5.41, 5.74) is 28.4. The van der Waals surface area contributed by atoms with Crippen molar-refractivity contribution in [3.05, 3.63) is 71.8 Å². The monoisotopic (exact) mass is 981 g/mol. The van der Waals surface area contributed by atoms with E-state index in [2.05, 4.69) is 41.9 Å². The number of amides is 7. The molecule has 2 aromatic carbocycles. The Bertz CT molecular complexity index is 2140. The Labute approximate surface area is 405 Å². The molecular formula is C45H68N14O11. The second-order valence-electron chi connectivity index (χ2n) is 16.8. The van der Waals surface area contributed by atoms with Gasteiger partial charge in [-0.1, -0.05) is 60.7 Å². The van der Waals surface area contributed by atoms with Crippen LogP contribution >= 0.6 is 0 Å². The van der Waals surface area contributed by atoms with E-state index in [0.29, 0.717) is 24.0 Å². The largest absolute Gasteiger partial charge is 0.480 e. The van der Waals surface area contributed by atoms with Crippen molar-refractivity contribution in [1.29, 1.82) is 0 Å². The second kappa shape index (κ2) is 28.8. The highest BCUT2D eigenvalue weighted by Gasteiger charge is 2.40. The van der Waals surface area contributed by atoms with Gasteiger partial charge in [-0.15, -0.1) is 0 Å². The number of aliphatic hydroxyl groups is 2. The minimum Gasteiger partial charge on any atom is -0.480 e. The molecule has 9 atom stereocenters. The first-order valence-corrected chi connectivity index (χ1v) is 22.8. The molecule has 1 aliphatic heterocycles. The van der Waals surface area contributed by atoms with Gasteiger partial charge in [-0.25, -0.2) is 4.79 Å². The number of nitrogens with two attached hydrogens (primary N) is 5. The molecule has 1 saturated heterocycles. The lowest BCUT2D eigenvalue weighted by atomic mass is 10.0. The standard InChI is InChI=1S/C45H68N14O11/c1-25(60)35(40(66)55-31(22-27-12-5-3-6-13-27)38(64)56-32(43(69)70)23-28-14-7-4-8-15-28)58-41(67)36(26(2)61)57-37(63)29(16-9-19-51-44(47)48)54-39(65)33-18-11-21-59(33)42(68)30(53-34(62)24-46)17-10-20-52-45(49)50/h3-8,12-15,25-26,29-33,35-36,60-61H,9-11,16-24,46H2,1-2H3,(H,53,62)(H,54,65)(H,55,66)(H,56,64)(H,57,63)(H,58,67)(H,69,70)(H4,47,48,51)(H4,49,50,52)/t25-,26-,29+,30+,31+,32+,33+,35+,36+/m1/s1. The van der Waals surface area contributed by atoms with Gasteiger partial charge in [-0.3, -0.25) is 43.5 Å². The Morgan fingerprint density at radius 2 is 1.09 bits per heavy atom. The fourth-order valence-corrected chi connectivity index (χ4v) is 7.51. The van der Waals surface area contributed by atoms with Gasteiger partial charge in [0.2, 0.25) is 41.4 Å². The maximum Gasteiger partial charge on any atom is 0.326 e. The predicted octanol–water partition coefficient (Wildman–Crippen LogP) is -4.72. The minimum absolute atomic E-state index is 0.0250. The third-order valence-electron chi connectivity index (χ3n) is 11.1. The van der Waals surface area contributed by atoms with Gasteiger partial charge in [-0.05, 0) is 63.5 Å². The number of nitrogens with one attached hydrogen (secondary N) is 6. The molecule has 384 valence electrons. The molecule has 0 aliphatic carbocycles. The van der Waals surface area contributed by atoms with Gasteiger partial charge >= 0.3 is 5.97 Å². The van der Waals surface area contributed by atoms with Gasteiger partial charge in [0, 0.05) is 32.5 Å². The lowest BCUT2D eigenvalue weighted by Gasteiger charge is -2.31. The topological polar surface area (TPSA) is 427 Å². The molecule has 25 nitrogen and oxygen atoms in total. The number of carbonyl (C=O) groups excluding carboxylic acids is 7. The third-order valence-corrected chi connectivity index (χ3v) is 11.1. The maximum absolute atomic E-state index is 14.0. The number of carboxylic acids is 1. The van der Waals surface area contributed by atoms with E-state index in [0.717, 1.165) is 0 Å². The van der Waals surface area contributed by atoms with Crippen molar-refractivity contribution in [2.24, 2.45) is 38.7 Å². The van der Waals surface area contributed by atoms with E-state index in [-0.39, 0.29) is 70.1 Å². The summed E-state index contributed by atoms with van der Waals surface area (Å²) in [7, 11) is 0. The summed E-state index contributed by atoms with van der Waals surface area (Å²) < 4.78 is 0. The summed E-state index contributed by atoms with van der Waals surface area (Å²) in [6, 6.07) is 7.03. The Morgan fingerprint density at radius 1 is 0.629 bits per heavy atom. The van der Waals surface area contributed by atoms with Crippen LogP contribution in [0, 0.1) is 0 Å². The van der Waals surface area contributed by atoms with E-state index in [1.807, 2.05) is 0 Å². The van der Waals surface area contributed by atoms with Crippen molar-refractivity contribution in [2.75, 3.05) is 26.2 Å². The predicted molar refractivity (Wildman–Crippen MR) is 256 cm³/mol. The number of carbonyl (C=O) groups is 8. The number of nitrogens with zero attached hydrogens (tertiary/aromatic N) is 3. The van der Waals surface area contributed by atoms with Gasteiger partial charge in [0.05, 0.1) is 18.8 Å². The molecule has 0 unspecified atom stereocenters. The van der Waals surface area contributed by atoms with Crippen LogP contribution < -0.4 is 60.6 Å². The molecular weight excluding hydrogens is 913 g/mol. The Balaban J connectivity index is 1.83. The normalized spacial score (nSPS) is 16.5. The zero-order valence-electron chi connectivity index (χ0n) is 39.3. The van der Waals surface area contributed by atoms with Crippen LogP contribution in [0.5, 0.6) is 0 Å². The highest BCUT2D eigenvalue weighted by molar-refractivity contribution is 5.98. The van der Waals surface area contributed by atoms with E-state index in [1.165, 1.54) is 18.7 Å². The first-order chi connectivity index (χ1) is 33.2. The van der Waals surface area contributed by atoms with Crippen molar-refractivity contribution in [2.45, 2.75) is 120 Å². The average Bonchev–Trinajstić information content (AvgIpc) is 3.81. The van der Waals surface area contributed by atoms with E-state index < -0.39 is 108 Å². The fourth-order valence-electron chi connectivity index (χ4n) is 7.51. The maximum atomic E-state index is 14.0. The van der Waals surface area contributed by atoms with Crippen molar-refractivity contribution in [3.63, 3.8) is 0 Å². The molecule has 70 heavy (non-hydrogen) atoms. The van der Waals surface area contributed by atoms with Crippen molar-refractivity contribution in [1.82, 2.24) is 36.8 Å². The number of benzene rings is 2. The zero-order valence-corrected chi connectivity index (χ0v) is 39.3. The molecule has 0 saturated carbocycles. The molecule has 0 radical (unpaired) electrons. The molecule has 7 amide bonds. The summed E-state index contributed by atoms with van der Waals surface area (Å²) in [6.07, 6.45) is -2.47. The number of carboxylic acid groups (broad SMARTS) is 1. The van der Waals surface area contributed by atoms with Gasteiger partial charge in [-0.2, -0.15) is 0 Å². The molecule has 1 heterocycles. The Kier molecular flexibility index (Phi) is 23.5. The van der Waals surface area contributed by atoms with Crippen molar-refractivity contribution >= 4 is 59.2 Å². The fraction of sp³-hybridized carbons (Fsp3) is 0.511. The lowest BCUT2D eigenvalue weighted by Crippen LogP contribution is -2.63. The summed E-state index contributed by atoms with van der Waals surface area (Å²) in [5.74, 6) is -7.72. The summed E-state index contributed by atoms with van der Waals surface area (Å²) in [6.45, 7) is 2.26. The molecule has 25 heteroatoms. The van der Waals surface area contributed by atoms with E-state index in [9.17, 15) is 53.7 Å². The van der Waals surface area contributed by atoms with Crippen LogP contribution in [0.3, 0.4) is 0 Å². The summed E-state index contributed by atoms with van der Waals surface area (Å²) in [4.78, 5) is 117. The number of hydrogen-bond acceptors (Lipinski definition) is 13. The first kappa shape index (κ1) is 56.9. The van der Waals surface area contributed by atoms with Crippen LogP contribution in [-0.4, -0.2) is 160 Å². The van der Waals surface area contributed by atoms with Crippen LogP contribution in [0.1, 0.15) is 63.5 Å². The average molecular weight is 981 g/mol. The second-order valence-corrected chi connectivity index (χ2v) is 16.8. The highest BCUT2D eigenvalue weighted by atomic mass is 16.4. The first-order valence-electron chi connectivity index (χ1n) is 22.8. The molecule has 1 fully saturated rings. The molecule has 19 N–H and O–H groups in total. The molecule has 0 aromatic heterocycles. The van der Waals surface area contributed by atoms with Crippen molar-refractivity contribution in [3.8, 4) is 0 Å². The molecule has 0 bridgehead atoms. The zero-order chi connectivity index (χ0) is 51.9. The minimum atomic E-state index is -1.80. The Morgan fingerprint density at radius 3 is 1.57 bits per heavy atom. The number of aliphatic imine (C=N–C) groups is 2. The summed E-state index contributed by atoms with van der Waals surface area (Å²) in [5, 5.41) is 46.5. The number of likely N-dealkylation sites (tertiary alicyclic amines) is 1. The van der Waals surface area contributed by atoms with Crippen molar-refractivity contribution < 1.29 is 53.7 Å². The quantitative estimate of drug-likeness (QED) is 0.0216. The highest BCUT2D eigenvalue weighted by Crippen LogP contribution is 2.21. The molecule has 3 rings (SSSR count). The number of hydrogen-bond donors (Lipinski definition) is 14. The van der Waals surface area contributed by atoms with Crippen LogP contribution in [0.15, 0.2) is 70.6 Å². The van der Waals surface area contributed by atoms with E-state index >= 15 is 0 Å². The van der Waals surface area contributed by atoms with E-state index in [1.54, 1.807) is 60.7 Å². The van der Waals surface area contributed by atoms with Gasteiger partial charge in [0.1, 0.15) is 42.3 Å². The Hall–Kier alpha value is -7.38. The third kappa shape index (κ3) is 19.0. The number of aliphatic carboxylic acids is 1. The van der Waals surface area contributed by atoms with Gasteiger partial charge in [0.25, 0.3) is 0 Å². The van der Waals surface area contributed by atoms with E-state index in [4.69, 9.17) is 28.7 Å².